The van der Waals surface area contributed by atoms with Gasteiger partial charge in [0.25, 0.3) is 0 Å². The number of fused-ring (bicyclic) bond motifs is 1. The van der Waals surface area contributed by atoms with E-state index >= 15 is 0 Å². The van der Waals surface area contributed by atoms with E-state index < -0.39 is 11.7 Å². The van der Waals surface area contributed by atoms with Crippen molar-refractivity contribution in [2.75, 3.05) is 5.73 Å². The first-order chi connectivity index (χ1) is 9.86. The Labute approximate surface area is 118 Å². The Morgan fingerprint density at radius 3 is 2.62 bits per heavy atom. The molecule has 1 aromatic carbocycles. The standard InChI is InChI=1S/C14H11F3N4/c1-8-11(5-6-12-19-13(18)20-21(8)12)9-3-2-4-10(7-9)14(15,16)17/h2-7H,1H3,(H2,18,20). The molecule has 0 saturated heterocycles. The lowest BCUT2D eigenvalue weighted by molar-refractivity contribution is -0.137. The van der Waals surface area contributed by atoms with Crippen LogP contribution in [0.2, 0.25) is 0 Å². The zero-order chi connectivity index (χ0) is 15.2. The zero-order valence-electron chi connectivity index (χ0n) is 11.0. The van der Waals surface area contributed by atoms with E-state index in [2.05, 4.69) is 10.1 Å². The minimum absolute atomic E-state index is 0.124. The van der Waals surface area contributed by atoms with E-state index in [-0.39, 0.29) is 5.95 Å². The summed E-state index contributed by atoms with van der Waals surface area (Å²) in [6.45, 7) is 1.76. The highest BCUT2D eigenvalue weighted by Gasteiger charge is 2.30. The van der Waals surface area contributed by atoms with Gasteiger partial charge in [-0.05, 0) is 36.8 Å². The number of nitrogen functional groups attached to an aromatic ring is 1. The molecule has 3 aromatic rings. The van der Waals surface area contributed by atoms with Crippen molar-refractivity contribution in [3.8, 4) is 11.1 Å². The Balaban J connectivity index is 2.18. The summed E-state index contributed by atoms with van der Waals surface area (Å²) in [7, 11) is 0. The molecule has 0 saturated carbocycles. The van der Waals surface area contributed by atoms with Crippen LogP contribution in [0, 0.1) is 6.92 Å². The van der Waals surface area contributed by atoms with Gasteiger partial charge in [-0.15, -0.1) is 5.10 Å². The molecule has 0 amide bonds. The molecule has 0 spiro atoms. The molecule has 0 bridgehead atoms. The van der Waals surface area contributed by atoms with Gasteiger partial charge in [-0.3, -0.25) is 0 Å². The molecule has 2 aromatic heterocycles. The predicted molar refractivity (Wildman–Crippen MR) is 72.6 cm³/mol. The fourth-order valence-electron chi connectivity index (χ4n) is 2.26. The predicted octanol–water partition coefficient (Wildman–Crippen LogP) is 3.31. The summed E-state index contributed by atoms with van der Waals surface area (Å²) in [4.78, 5) is 4.02. The number of nitrogens with two attached hydrogens (primary N) is 1. The Morgan fingerprint density at radius 1 is 1.14 bits per heavy atom. The van der Waals surface area contributed by atoms with Crippen LogP contribution in [0.4, 0.5) is 19.1 Å². The van der Waals surface area contributed by atoms with Crippen molar-refractivity contribution in [2.45, 2.75) is 13.1 Å². The fourth-order valence-corrected chi connectivity index (χ4v) is 2.26. The van der Waals surface area contributed by atoms with Crippen molar-refractivity contribution in [3.05, 3.63) is 47.7 Å². The lowest BCUT2D eigenvalue weighted by Gasteiger charge is -2.11. The Kier molecular flexibility index (Phi) is 2.86. The average molecular weight is 292 g/mol. The number of hydrogen-bond donors (Lipinski definition) is 1. The average Bonchev–Trinajstić information content (AvgIpc) is 2.80. The summed E-state index contributed by atoms with van der Waals surface area (Å²) in [5.41, 5.74) is 7.21. The van der Waals surface area contributed by atoms with Gasteiger partial charge >= 0.3 is 6.18 Å². The molecule has 0 unspecified atom stereocenters. The van der Waals surface area contributed by atoms with Crippen LogP contribution in [-0.2, 0) is 6.18 Å². The number of rotatable bonds is 1. The third-order valence-electron chi connectivity index (χ3n) is 3.26. The third kappa shape index (κ3) is 2.31. The topological polar surface area (TPSA) is 56.2 Å². The summed E-state index contributed by atoms with van der Waals surface area (Å²) in [5, 5.41) is 4.03. The number of aryl methyl sites for hydroxylation is 1. The molecule has 21 heavy (non-hydrogen) atoms. The molecule has 2 heterocycles. The van der Waals surface area contributed by atoms with E-state index in [4.69, 9.17) is 5.73 Å². The van der Waals surface area contributed by atoms with E-state index in [1.54, 1.807) is 25.1 Å². The highest BCUT2D eigenvalue weighted by atomic mass is 19.4. The van der Waals surface area contributed by atoms with Crippen LogP contribution in [-0.4, -0.2) is 14.6 Å². The maximum Gasteiger partial charge on any atom is 0.416 e. The fraction of sp³-hybridized carbons (Fsp3) is 0.143. The molecule has 0 aliphatic carbocycles. The molecular weight excluding hydrogens is 281 g/mol. The number of aromatic nitrogens is 3. The number of anilines is 1. The molecular formula is C14H11F3N4. The van der Waals surface area contributed by atoms with Crippen LogP contribution in [0.15, 0.2) is 36.4 Å². The first-order valence-corrected chi connectivity index (χ1v) is 6.16. The lowest BCUT2D eigenvalue weighted by Crippen LogP contribution is -2.05. The van der Waals surface area contributed by atoms with Gasteiger partial charge in [0.05, 0.1) is 5.56 Å². The lowest BCUT2D eigenvalue weighted by atomic mass is 10.0. The Bertz CT molecular complexity index is 821. The van der Waals surface area contributed by atoms with Gasteiger partial charge < -0.3 is 5.73 Å². The first kappa shape index (κ1) is 13.4. The van der Waals surface area contributed by atoms with Crippen molar-refractivity contribution in [3.63, 3.8) is 0 Å². The third-order valence-corrected chi connectivity index (χ3v) is 3.26. The summed E-state index contributed by atoms with van der Waals surface area (Å²) in [6, 6.07) is 8.57. The van der Waals surface area contributed by atoms with Crippen LogP contribution in [0.3, 0.4) is 0 Å². The van der Waals surface area contributed by atoms with Gasteiger partial charge in [0.2, 0.25) is 5.95 Å². The zero-order valence-corrected chi connectivity index (χ0v) is 11.0. The minimum atomic E-state index is -4.37. The smallest absolute Gasteiger partial charge is 0.366 e. The summed E-state index contributed by atoms with van der Waals surface area (Å²) in [5.74, 6) is 0.124. The van der Waals surface area contributed by atoms with Gasteiger partial charge in [0.1, 0.15) is 0 Å². The van der Waals surface area contributed by atoms with E-state index in [1.807, 2.05) is 0 Å². The maximum absolute atomic E-state index is 12.8. The molecule has 2 N–H and O–H groups in total. The van der Waals surface area contributed by atoms with Gasteiger partial charge in [-0.25, -0.2) is 4.52 Å². The molecule has 3 rings (SSSR count). The van der Waals surface area contributed by atoms with Gasteiger partial charge in [0, 0.05) is 11.3 Å². The van der Waals surface area contributed by atoms with E-state index in [9.17, 15) is 13.2 Å². The molecule has 0 aliphatic rings. The van der Waals surface area contributed by atoms with Crippen molar-refractivity contribution >= 4 is 11.6 Å². The highest BCUT2D eigenvalue weighted by molar-refractivity contribution is 5.69. The van der Waals surface area contributed by atoms with Gasteiger partial charge in [0.15, 0.2) is 5.65 Å². The molecule has 7 heteroatoms. The molecule has 0 fully saturated rings. The van der Waals surface area contributed by atoms with Crippen LogP contribution in [0.1, 0.15) is 11.3 Å². The monoisotopic (exact) mass is 292 g/mol. The van der Waals surface area contributed by atoms with E-state index in [1.165, 1.54) is 10.6 Å². The van der Waals surface area contributed by atoms with E-state index in [0.717, 1.165) is 12.1 Å². The second-order valence-corrected chi connectivity index (χ2v) is 4.65. The van der Waals surface area contributed by atoms with Gasteiger partial charge in [-0.2, -0.15) is 18.2 Å². The molecule has 108 valence electrons. The number of halogens is 3. The molecule has 0 atom stereocenters. The minimum Gasteiger partial charge on any atom is -0.366 e. The number of nitrogens with zero attached hydrogens (tertiary/aromatic N) is 3. The van der Waals surface area contributed by atoms with Crippen LogP contribution in [0.25, 0.3) is 16.8 Å². The Hall–Kier alpha value is -2.57. The number of alkyl halides is 3. The van der Waals surface area contributed by atoms with Crippen molar-refractivity contribution in [1.82, 2.24) is 14.6 Å². The summed E-state index contributed by atoms with van der Waals surface area (Å²) < 4.78 is 39.9. The first-order valence-electron chi connectivity index (χ1n) is 6.16. The largest absolute Gasteiger partial charge is 0.416 e. The van der Waals surface area contributed by atoms with Gasteiger partial charge in [-0.1, -0.05) is 12.1 Å². The van der Waals surface area contributed by atoms with Crippen LogP contribution in [0.5, 0.6) is 0 Å². The molecule has 0 aliphatic heterocycles. The van der Waals surface area contributed by atoms with Crippen molar-refractivity contribution < 1.29 is 13.2 Å². The summed E-state index contributed by atoms with van der Waals surface area (Å²) >= 11 is 0. The number of benzene rings is 1. The normalized spacial score (nSPS) is 12.0. The quantitative estimate of drug-likeness (QED) is 0.748. The second-order valence-electron chi connectivity index (χ2n) is 4.65. The molecule has 0 radical (unpaired) electrons. The van der Waals surface area contributed by atoms with Crippen LogP contribution >= 0.6 is 0 Å². The number of pyridine rings is 1. The van der Waals surface area contributed by atoms with E-state index in [0.29, 0.717) is 22.5 Å². The maximum atomic E-state index is 12.8. The van der Waals surface area contributed by atoms with Crippen molar-refractivity contribution in [1.29, 1.82) is 0 Å². The highest BCUT2D eigenvalue weighted by Crippen LogP contribution is 2.33. The van der Waals surface area contributed by atoms with Crippen LogP contribution < -0.4 is 5.73 Å². The molecule has 4 nitrogen and oxygen atoms in total. The second kappa shape index (κ2) is 4.47. The summed E-state index contributed by atoms with van der Waals surface area (Å²) in [6.07, 6.45) is -4.37. The Morgan fingerprint density at radius 2 is 1.90 bits per heavy atom. The van der Waals surface area contributed by atoms with Crippen molar-refractivity contribution in [2.24, 2.45) is 0 Å². The number of hydrogen-bond acceptors (Lipinski definition) is 3. The SMILES string of the molecule is Cc1c(-c2cccc(C(F)(F)F)c2)ccc2nc(N)nn12.